The largest absolute Gasteiger partial charge is 0.459 e. The molecular formula is C24H18N2O5. The lowest BCUT2D eigenvalue weighted by molar-refractivity contribution is 0.0702. The summed E-state index contributed by atoms with van der Waals surface area (Å²) in [6, 6.07) is 17.4. The van der Waals surface area contributed by atoms with Crippen LogP contribution in [0.15, 0.2) is 80.6 Å². The van der Waals surface area contributed by atoms with Crippen molar-refractivity contribution in [3.05, 3.63) is 99.8 Å². The first-order valence-corrected chi connectivity index (χ1v) is 9.87. The summed E-state index contributed by atoms with van der Waals surface area (Å²) in [6.45, 7) is 1.01. The van der Waals surface area contributed by atoms with Crippen molar-refractivity contribution >= 4 is 28.5 Å². The van der Waals surface area contributed by atoms with Gasteiger partial charge < -0.3 is 19.1 Å². The predicted octanol–water partition coefficient (Wildman–Crippen LogP) is 3.84. The fourth-order valence-corrected chi connectivity index (χ4v) is 3.78. The number of hydrogen-bond acceptors (Lipinski definition) is 5. The molecule has 5 rings (SSSR count). The van der Waals surface area contributed by atoms with E-state index in [0.717, 1.165) is 11.1 Å². The van der Waals surface area contributed by atoms with E-state index in [4.69, 9.17) is 8.83 Å². The number of hydrogen-bond donors (Lipinski definition) is 1. The van der Waals surface area contributed by atoms with Gasteiger partial charge in [0.25, 0.3) is 11.8 Å². The van der Waals surface area contributed by atoms with Crippen molar-refractivity contribution in [2.45, 2.75) is 13.0 Å². The molecule has 31 heavy (non-hydrogen) atoms. The topological polar surface area (TPSA) is 92.8 Å². The molecule has 3 heterocycles. The number of rotatable bonds is 3. The van der Waals surface area contributed by atoms with Crippen LogP contribution in [0.3, 0.4) is 0 Å². The molecule has 0 unspecified atom stereocenters. The molecule has 2 aromatic carbocycles. The van der Waals surface area contributed by atoms with Crippen LogP contribution in [-0.4, -0.2) is 23.3 Å². The molecule has 1 N–H and O–H groups in total. The lowest BCUT2D eigenvalue weighted by Crippen LogP contribution is -2.35. The van der Waals surface area contributed by atoms with Crippen molar-refractivity contribution in [1.29, 1.82) is 0 Å². The minimum Gasteiger partial charge on any atom is -0.459 e. The zero-order valence-electron chi connectivity index (χ0n) is 16.5. The second kappa shape index (κ2) is 7.60. The predicted molar refractivity (Wildman–Crippen MR) is 114 cm³/mol. The third kappa shape index (κ3) is 3.61. The monoisotopic (exact) mass is 414 g/mol. The van der Waals surface area contributed by atoms with Gasteiger partial charge in [-0.15, -0.1) is 0 Å². The molecule has 7 heteroatoms. The smallest absolute Gasteiger partial charge is 0.349 e. The summed E-state index contributed by atoms with van der Waals surface area (Å²) in [5.41, 5.74) is 2.28. The van der Waals surface area contributed by atoms with Crippen molar-refractivity contribution in [3.63, 3.8) is 0 Å². The number of anilines is 1. The van der Waals surface area contributed by atoms with Crippen molar-refractivity contribution in [3.8, 4) is 0 Å². The second-order valence-corrected chi connectivity index (χ2v) is 7.38. The van der Waals surface area contributed by atoms with Gasteiger partial charge in [0.1, 0.15) is 11.1 Å². The Labute approximate surface area is 176 Å². The Morgan fingerprint density at radius 2 is 1.84 bits per heavy atom. The van der Waals surface area contributed by atoms with Gasteiger partial charge in [-0.1, -0.05) is 24.3 Å². The van der Waals surface area contributed by atoms with E-state index in [9.17, 15) is 14.4 Å². The molecule has 0 radical (unpaired) electrons. The third-order valence-corrected chi connectivity index (χ3v) is 5.38. The standard InChI is InChI=1S/C24H18N2O5/c27-22(19-13-16-4-1-2-5-20(16)31-24(19)29)25-18-8-7-15-9-10-26(14-17(15)12-18)23(28)21-6-3-11-30-21/h1-8,11-13H,9-10,14H2,(H,25,27). The van der Waals surface area contributed by atoms with E-state index in [0.29, 0.717) is 41.9 Å². The molecule has 0 saturated carbocycles. The quantitative estimate of drug-likeness (QED) is 0.514. The van der Waals surface area contributed by atoms with Crippen LogP contribution in [0.25, 0.3) is 11.0 Å². The number of fused-ring (bicyclic) bond motifs is 2. The van der Waals surface area contributed by atoms with E-state index in [2.05, 4.69) is 5.32 Å². The molecule has 1 aliphatic heterocycles. The van der Waals surface area contributed by atoms with Crippen LogP contribution in [0.4, 0.5) is 5.69 Å². The Kier molecular flexibility index (Phi) is 4.63. The van der Waals surface area contributed by atoms with E-state index in [1.807, 2.05) is 18.2 Å². The van der Waals surface area contributed by atoms with Gasteiger partial charge in [-0.2, -0.15) is 0 Å². The van der Waals surface area contributed by atoms with Crippen LogP contribution in [-0.2, 0) is 13.0 Å². The molecule has 0 spiro atoms. The maximum absolute atomic E-state index is 12.7. The first kappa shape index (κ1) is 18.9. The van der Waals surface area contributed by atoms with Gasteiger partial charge in [0.05, 0.1) is 6.26 Å². The summed E-state index contributed by atoms with van der Waals surface area (Å²) in [4.78, 5) is 39.3. The van der Waals surface area contributed by atoms with Crippen LogP contribution >= 0.6 is 0 Å². The van der Waals surface area contributed by atoms with Crippen molar-refractivity contribution in [2.24, 2.45) is 0 Å². The highest BCUT2D eigenvalue weighted by molar-refractivity contribution is 6.05. The molecule has 154 valence electrons. The van der Waals surface area contributed by atoms with Gasteiger partial charge in [0.15, 0.2) is 5.76 Å². The summed E-state index contributed by atoms with van der Waals surface area (Å²) in [5, 5.41) is 3.44. The Bertz CT molecular complexity index is 1350. The van der Waals surface area contributed by atoms with Gasteiger partial charge in [0, 0.05) is 24.2 Å². The average Bonchev–Trinajstić information content (AvgIpc) is 3.32. The highest BCUT2D eigenvalue weighted by atomic mass is 16.4. The second-order valence-electron chi connectivity index (χ2n) is 7.38. The lowest BCUT2D eigenvalue weighted by Gasteiger charge is -2.28. The minimum absolute atomic E-state index is 0.0638. The van der Waals surface area contributed by atoms with Crippen LogP contribution in [0.5, 0.6) is 0 Å². The highest BCUT2D eigenvalue weighted by Crippen LogP contribution is 2.24. The normalized spacial score (nSPS) is 13.1. The Balaban J connectivity index is 1.37. The Morgan fingerprint density at radius 1 is 0.968 bits per heavy atom. The van der Waals surface area contributed by atoms with Crippen molar-refractivity contribution < 1.29 is 18.4 Å². The fraction of sp³-hybridized carbons (Fsp3) is 0.125. The Hall–Kier alpha value is -4.13. The van der Waals surface area contributed by atoms with Crippen molar-refractivity contribution in [1.82, 2.24) is 4.90 Å². The molecule has 0 aliphatic carbocycles. The van der Waals surface area contributed by atoms with Crippen LogP contribution in [0, 0.1) is 0 Å². The van der Waals surface area contributed by atoms with Crippen LogP contribution < -0.4 is 10.9 Å². The molecule has 0 atom stereocenters. The molecule has 1 aliphatic rings. The SMILES string of the molecule is O=C(Nc1ccc2c(c1)CN(C(=O)c1ccco1)CC2)c1cc2ccccc2oc1=O. The number of nitrogens with one attached hydrogen (secondary N) is 1. The maximum atomic E-state index is 12.7. The average molecular weight is 414 g/mol. The summed E-state index contributed by atoms with van der Waals surface area (Å²) >= 11 is 0. The summed E-state index contributed by atoms with van der Waals surface area (Å²) in [5.74, 6) is -0.409. The van der Waals surface area contributed by atoms with Crippen LogP contribution in [0.1, 0.15) is 32.0 Å². The number of carbonyl (C=O) groups is 2. The maximum Gasteiger partial charge on any atom is 0.349 e. The first-order chi connectivity index (χ1) is 15.1. The molecule has 0 fully saturated rings. The summed E-state index contributed by atoms with van der Waals surface area (Å²) < 4.78 is 10.5. The molecule has 0 bridgehead atoms. The fourth-order valence-electron chi connectivity index (χ4n) is 3.78. The van der Waals surface area contributed by atoms with Gasteiger partial charge in [0.2, 0.25) is 0 Å². The van der Waals surface area contributed by atoms with Gasteiger partial charge in [-0.05, 0) is 53.9 Å². The van der Waals surface area contributed by atoms with Gasteiger partial charge >= 0.3 is 5.63 Å². The Morgan fingerprint density at radius 3 is 2.68 bits per heavy atom. The van der Waals surface area contributed by atoms with Gasteiger partial charge in [-0.25, -0.2) is 4.79 Å². The van der Waals surface area contributed by atoms with Gasteiger partial charge in [-0.3, -0.25) is 9.59 Å². The molecule has 7 nitrogen and oxygen atoms in total. The number of benzene rings is 2. The lowest BCUT2D eigenvalue weighted by atomic mass is 9.98. The summed E-state index contributed by atoms with van der Waals surface area (Å²) in [7, 11) is 0. The summed E-state index contributed by atoms with van der Waals surface area (Å²) in [6.07, 6.45) is 2.19. The van der Waals surface area contributed by atoms with E-state index < -0.39 is 11.5 Å². The number of nitrogens with zero attached hydrogens (tertiary/aromatic N) is 1. The van der Waals surface area contributed by atoms with E-state index in [1.165, 1.54) is 12.3 Å². The van der Waals surface area contributed by atoms with Crippen LogP contribution in [0.2, 0.25) is 0 Å². The molecular weight excluding hydrogens is 396 g/mol. The number of amides is 2. The zero-order valence-corrected chi connectivity index (χ0v) is 16.5. The number of para-hydroxylation sites is 1. The molecule has 2 aromatic heterocycles. The molecule has 4 aromatic rings. The third-order valence-electron chi connectivity index (χ3n) is 5.38. The number of carbonyl (C=O) groups excluding carboxylic acids is 2. The van der Waals surface area contributed by atoms with E-state index in [-0.39, 0.29) is 11.5 Å². The van der Waals surface area contributed by atoms with E-state index >= 15 is 0 Å². The minimum atomic E-state index is -0.690. The molecule has 0 saturated heterocycles. The number of furan rings is 1. The highest BCUT2D eigenvalue weighted by Gasteiger charge is 2.24. The van der Waals surface area contributed by atoms with E-state index in [1.54, 1.807) is 41.3 Å². The zero-order chi connectivity index (χ0) is 21.4. The first-order valence-electron chi connectivity index (χ1n) is 9.87. The molecule has 2 amide bonds. The van der Waals surface area contributed by atoms with Crippen molar-refractivity contribution in [2.75, 3.05) is 11.9 Å².